The number of nitrogens with zero attached hydrogens (tertiary/aromatic N) is 1. The van der Waals surface area contributed by atoms with Gasteiger partial charge in [0.05, 0.1) is 19.3 Å². The van der Waals surface area contributed by atoms with Crippen molar-refractivity contribution in [2.24, 2.45) is 5.92 Å². The van der Waals surface area contributed by atoms with Gasteiger partial charge in [-0.1, -0.05) is 27.7 Å². The van der Waals surface area contributed by atoms with Crippen LogP contribution in [0.25, 0.3) is 0 Å². The van der Waals surface area contributed by atoms with Gasteiger partial charge < -0.3 is 15.0 Å². The Labute approximate surface area is 106 Å². The topological polar surface area (TPSA) is 24.5 Å². The monoisotopic (exact) mass is 240 g/mol. The molecule has 0 aromatic rings. The SMILES string of the molecule is CC.CC1=C(C(C)C)N2CCNCC2COC1. The first-order chi connectivity index (χ1) is 8.20. The fraction of sp³-hybridized carbons (Fsp3) is 0.857. The quantitative estimate of drug-likeness (QED) is 0.761. The summed E-state index contributed by atoms with van der Waals surface area (Å²) in [6, 6.07) is 0.536. The molecule has 0 saturated carbocycles. The van der Waals surface area contributed by atoms with E-state index in [2.05, 4.69) is 31.0 Å². The predicted octanol–water partition coefficient (Wildman–Crippen LogP) is 2.25. The van der Waals surface area contributed by atoms with Gasteiger partial charge in [-0.15, -0.1) is 0 Å². The molecule has 2 aliphatic rings. The molecule has 0 aliphatic carbocycles. The molecule has 3 nitrogen and oxygen atoms in total. The summed E-state index contributed by atoms with van der Waals surface area (Å²) in [5.74, 6) is 0.604. The maximum atomic E-state index is 5.72. The lowest BCUT2D eigenvalue weighted by molar-refractivity contribution is 0.0872. The fourth-order valence-electron chi connectivity index (χ4n) is 2.72. The third-order valence-corrected chi connectivity index (χ3v) is 3.27. The summed E-state index contributed by atoms with van der Waals surface area (Å²) in [4.78, 5) is 2.56. The molecule has 1 atom stereocenters. The molecule has 0 amide bonds. The van der Waals surface area contributed by atoms with Crippen LogP contribution in [0.1, 0.15) is 34.6 Å². The van der Waals surface area contributed by atoms with Gasteiger partial charge in [-0.05, 0) is 18.4 Å². The lowest BCUT2D eigenvalue weighted by Crippen LogP contribution is -2.52. The van der Waals surface area contributed by atoms with E-state index < -0.39 is 0 Å². The highest BCUT2D eigenvalue weighted by Gasteiger charge is 2.28. The van der Waals surface area contributed by atoms with Crippen LogP contribution in [0.2, 0.25) is 0 Å². The summed E-state index contributed by atoms with van der Waals surface area (Å²) >= 11 is 0. The number of hydrogen-bond donors (Lipinski definition) is 1. The fourth-order valence-corrected chi connectivity index (χ4v) is 2.72. The van der Waals surface area contributed by atoms with Crippen LogP contribution in [-0.2, 0) is 4.74 Å². The number of ether oxygens (including phenoxy) is 1. The second-order valence-corrected chi connectivity index (χ2v) is 4.89. The van der Waals surface area contributed by atoms with Crippen LogP contribution >= 0.6 is 0 Å². The van der Waals surface area contributed by atoms with E-state index in [0.717, 1.165) is 32.8 Å². The number of nitrogens with one attached hydrogen (secondary N) is 1. The Morgan fingerprint density at radius 1 is 1.35 bits per heavy atom. The van der Waals surface area contributed by atoms with E-state index in [0.29, 0.717) is 12.0 Å². The molecular formula is C14H28N2O. The van der Waals surface area contributed by atoms with Gasteiger partial charge in [0.15, 0.2) is 0 Å². The van der Waals surface area contributed by atoms with Crippen LogP contribution in [0.5, 0.6) is 0 Å². The zero-order chi connectivity index (χ0) is 12.8. The first-order valence-corrected chi connectivity index (χ1v) is 6.95. The van der Waals surface area contributed by atoms with E-state index in [1.54, 1.807) is 0 Å². The zero-order valence-electron chi connectivity index (χ0n) is 12.0. The molecule has 3 heteroatoms. The maximum absolute atomic E-state index is 5.72. The molecule has 1 fully saturated rings. The van der Waals surface area contributed by atoms with Gasteiger partial charge in [0.2, 0.25) is 0 Å². The molecule has 0 bridgehead atoms. The van der Waals surface area contributed by atoms with Gasteiger partial charge in [-0.3, -0.25) is 0 Å². The maximum Gasteiger partial charge on any atom is 0.0694 e. The van der Waals surface area contributed by atoms with Crippen molar-refractivity contribution in [2.45, 2.75) is 40.7 Å². The summed E-state index contributed by atoms with van der Waals surface area (Å²) in [6.07, 6.45) is 0. The Hall–Kier alpha value is -0.540. The molecule has 100 valence electrons. The first-order valence-electron chi connectivity index (χ1n) is 6.95. The number of fused-ring (bicyclic) bond motifs is 1. The molecule has 0 aromatic heterocycles. The smallest absolute Gasteiger partial charge is 0.0694 e. The molecule has 17 heavy (non-hydrogen) atoms. The Bertz CT molecular complexity index is 261. The van der Waals surface area contributed by atoms with Crippen LogP contribution in [-0.4, -0.2) is 43.8 Å². The van der Waals surface area contributed by atoms with Crippen LogP contribution in [0.15, 0.2) is 11.3 Å². The predicted molar refractivity (Wildman–Crippen MR) is 73.1 cm³/mol. The van der Waals surface area contributed by atoms with Crippen molar-refractivity contribution in [3.8, 4) is 0 Å². The van der Waals surface area contributed by atoms with E-state index >= 15 is 0 Å². The number of piperazine rings is 1. The minimum absolute atomic E-state index is 0.536. The van der Waals surface area contributed by atoms with Crippen molar-refractivity contribution < 1.29 is 4.74 Å². The molecule has 1 unspecified atom stereocenters. The van der Waals surface area contributed by atoms with Gasteiger partial charge in [-0.25, -0.2) is 0 Å². The van der Waals surface area contributed by atoms with Gasteiger partial charge in [-0.2, -0.15) is 0 Å². The number of hydrogen-bond acceptors (Lipinski definition) is 3. The van der Waals surface area contributed by atoms with Crippen molar-refractivity contribution in [3.05, 3.63) is 11.3 Å². The second kappa shape index (κ2) is 7.02. The van der Waals surface area contributed by atoms with E-state index in [1.165, 1.54) is 11.3 Å². The Balaban J connectivity index is 0.000000686. The van der Waals surface area contributed by atoms with Crippen molar-refractivity contribution >= 4 is 0 Å². The van der Waals surface area contributed by atoms with E-state index in [9.17, 15) is 0 Å². The van der Waals surface area contributed by atoms with Crippen molar-refractivity contribution in [1.29, 1.82) is 0 Å². The van der Waals surface area contributed by atoms with Gasteiger partial charge in [0.25, 0.3) is 0 Å². The average molecular weight is 240 g/mol. The minimum Gasteiger partial charge on any atom is -0.375 e. The highest BCUT2D eigenvalue weighted by Crippen LogP contribution is 2.25. The van der Waals surface area contributed by atoms with Crippen LogP contribution in [0, 0.1) is 5.92 Å². The van der Waals surface area contributed by atoms with Crippen LogP contribution in [0.3, 0.4) is 0 Å². The molecular weight excluding hydrogens is 212 g/mol. The summed E-state index contributed by atoms with van der Waals surface area (Å²) < 4.78 is 5.72. The van der Waals surface area contributed by atoms with Crippen LogP contribution in [0.4, 0.5) is 0 Å². The van der Waals surface area contributed by atoms with Gasteiger partial charge in [0, 0.05) is 25.3 Å². The molecule has 2 rings (SSSR count). The molecule has 2 aliphatic heterocycles. The molecule has 0 radical (unpaired) electrons. The lowest BCUT2D eigenvalue weighted by Gasteiger charge is -2.39. The van der Waals surface area contributed by atoms with E-state index in [-0.39, 0.29) is 0 Å². The Kier molecular flexibility index (Phi) is 6.00. The summed E-state index contributed by atoms with van der Waals surface area (Å²) in [5, 5.41) is 3.44. The molecule has 0 spiro atoms. The molecule has 2 heterocycles. The summed E-state index contributed by atoms with van der Waals surface area (Å²) in [5.41, 5.74) is 2.92. The standard InChI is InChI=1S/C12H22N2O.C2H6/c1-9(2)12-10(3)7-15-8-11-6-13-4-5-14(11)12;1-2/h9,11,13H,4-8H2,1-3H3;1-2H3. The number of allylic oxidation sites excluding steroid dienone is 1. The highest BCUT2D eigenvalue weighted by molar-refractivity contribution is 5.17. The van der Waals surface area contributed by atoms with Crippen molar-refractivity contribution in [3.63, 3.8) is 0 Å². The highest BCUT2D eigenvalue weighted by atomic mass is 16.5. The third-order valence-electron chi connectivity index (χ3n) is 3.27. The number of rotatable bonds is 1. The largest absolute Gasteiger partial charge is 0.375 e. The Morgan fingerprint density at radius 2 is 2.06 bits per heavy atom. The van der Waals surface area contributed by atoms with Crippen molar-refractivity contribution in [2.75, 3.05) is 32.8 Å². The molecule has 1 N–H and O–H groups in total. The van der Waals surface area contributed by atoms with Gasteiger partial charge >= 0.3 is 0 Å². The first kappa shape index (κ1) is 14.5. The Morgan fingerprint density at radius 3 is 2.71 bits per heavy atom. The van der Waals surface area contributed by atoms with Crippen LogP contribution < -0.4 is 5.32 Å². The van der Waals surface area contributed by atoms with E-state index in [4.69, 9.17) is 4.74 Å². The lowest BCUT2D eigenvalue weighted by atomic mass is 10.0. The summed E-state index contributed by atoms with van der Waals surface area (Å²) in [6.45, 7) is 15.7. The third kappa shape index (κ3) is 3.46. The molecule has 0 aromatic carbocycles. The average Bonchev–Trinajstić information content (AvgIpc) is 2.49. The molecule has 1 saturated heterocycles. The van der Waals surface area contributed by atoms with E-state index in [1.807, 2.05) is 13.8 Å². The second-order valence-electron chi connectivity index (χ2n) is 4.89. The zero-order valence-corrected chi connectivity index (χ0v) is 12.0. The minimum atomic E-state index is 0.536. The summed E-state index contributed by atoms with van der Waals surface area (Å²) in [7, 11) is 0. The van der Waals surface area contributed by atoms with Crippen molar-refractivity contribution in [1.82, 2.24) is 10.2 Å². The van der Waals surface area contributed by atoms with Gasteiger partial charge in [0.1, 0.15) is 0 Å². The normalized spacial score (nSPS) is 25.1.